The Morgan fingerprint density at radius 3 is 1.09 bits per heavy atom. The molecule has 0 bridgehead atoms. The molecule has 0 aliphatic heterocycles. The Bertz CT molecular complexity index is 5160. The minimum Gasteiger partial charge on any atom is -0.481 e. The first-order valence-corrected chi connectivity index (χ1v) is 35.3. The van der Waals surface area contributed by atoms with Crippen molar-refractivity contribution in [3.63, 3.8) is 0 Å². The van der Waals surface area contributed by atoms with Crippen molar-refractivity contribution in [2.75, 3.05) is 0 Å². The molecule has 0 N–H and O–H groups in total. The first kappa shape index (κ1) is 81.4. The summed E-state index contributed by atoms with van der Waals surface area (Å²) >= 11 is 1.75. The van der Waals surface area contributed by atoms with E-state index in [4.69, 9.17) is 13.9 Å². The number of rotatable bonds is 12. The third-order valence-electron chi connectivity index (χ3n) is 18.3. The first-order valence-electron chi connectivity index (χ1n) is 34.5. The summed E-state index contributed by atoms with van der Waals surface area (Å²) in [7, 11) is 2.01. The van der Waals surface area contributed by atoms with Crippen LogP contribution in [0.2, 0.25) is 0 Å². The molecule has 0 aliphatic rings. The van der Waals surface area contributed by atoms with Gasteiger partial charge in [0.1, 0.15) is 11.7 Å². The van der Waals surface area contributed by atoms with Gasteiger partial charge in [-0.1, -0.05) is 175 Å². The van der Waals surface area contributed by atoms with E-state index >= 15 is 0 Å². The van der Waals surface area contributed by atoms with Crippen LogP contribution in [0.1, 0.15) is 55.9 Å². The van der Waals surface area contributed by atoms with Crippen LogP contribution < -0.4 is 0 Å². The van der Waals surface area contributed by atoms with Gasteiger partial charge in [-0.25, -0.2) is 0 Å². The second kappa shape index (κ2) is 37.7. The quantitative estimate of drug-likeness (QED) is 0.0888. The average Bonchev–Trinajstić information content (AvgIpc) is 1.69. The number of nitrogens with zero attached hydrogens (tertiary/aromatic N) is 6. The Balaban J connectivity index is 0.000000163. The van der Waals surface area contributed by atoms with Crippen LogP contribution in [0, 0.1) is 93.5 Å². The molecule has 0 spiro atoms. The van der Waals surface area contributed by atoms with Gasteiger partial charge in [-0.05, 0) is 170 Å². The largest absolute Gasteiger partial charge is 0.481 e. The van der Waals surface area contributed by atoms with Crippen molar-refractivity contribution in [3.05, 3.63) is 353 Å². The van der Waals surface area contributed by atoms with Crippen molar-refractivity contribution in [1.82, 2.24) is 29.9 Å². The van der Waals surface area contributed by atoms with Gasteiger partial charge in [0.15, 0.2) is 11.6 Å². The van der Waals surface area contributed by atoms with Gasteiger partial charge >= 0.3 is 0 Å². The molecule has 0 amide bonds. The fourth-order valence-corrected chi connectivity index (χ4v) is 14.7. The molecular weight excluding hydrogens is 1690 g/mol. The molecule has 542 valence electrons. The monoisotopic (exact) mass is 1770 g/mol. The SMILES string of the molecule is Cc1cc(-c2ccccc2)cc(C)c1-c1cc(-c2[c-]cccc2)no1.Cc1cc(-c2ccccc2)cc(C)c1-c1nnc(-c2[c-]cccc2)n1C.Cc1cc(-c2ccccc2)cc(C)c1-c1oc(-c2[c-]cccc2)nc1C.Cc1cc(-c2ccccc2)cc(C)c1-c1sc(-c2[c-]cccc2)nc1C.[Rh].[Rh].[Rh].[Rh]. The second-order valence-corrected chi connectivity index (χ2v) is 26.9. The summed E-state index contributed by atoms with van der Waals surface area (Å²) in [5.74, 6) is 3.95. The molecule has 107 heavy (non-hydrogen) atoms. The van der Waals surface area contributed by atoms with Crippen LogP contribution in [0.3, 0.4) is 0 Å². The summed E-state index contributed by atoms with van der Waals surface area (Å²) < 4.78 is 13.8. The first-order chi connectivity index (χ1) is 50.1. The van der Waals surface area contributed by atoms with E-state index in [1.165, 1.54) is 99.5 Å². The van der Waals surface area contributed by atoms with Gasteiger partial charge in [0.2, 0.25) is 0 Å². The standard InChI is InChI=1S/C24H20NO.C24H20NS.C23H20N3.C23H18NO.4Rh/c2*1-16-14-21(19-10-6-4-7-11-19)15-17(2)22(16)23-18(3)25-24(26-23)20-12-8-5-9-13-20;1-16-14-20(18-10-6-4-7-11-18)15-17(2)21(16)23-25-24-22(26(23)3)19-12-8-5-9-13-19;1-16-13-20(18-9-5-3-6-10-18)14-17(2)23(16)22-15-21(24-25-22)19-11-7-4-8-12-19;;;;/h3*4-12,14-15H,1-3H3;3-11,13-15H,1-2H3;;;;/q4*-1;;;;. The minimum absolute atomic E-state index is 0. The molecule has 8 nitrogen and oxygen atoms in total. The van der Waals surface area contributed by atoms with E-state index in [-0.39, 0.29) is 77.9 Å². The van der Waals surface area contributed by atoms with Crippen molar-refractivity contribution in [2.24, 2.45) is 7.05 Å². The van der Waals surface area contributed by atoms with Crippen molar-refractivity contribution >= 4 is 11.3 Å². The summed E-state index contributed by atoms with van der Waals surface area (Å²) in [6, 6.07) is 106. The van der Waals surface area contributed by atoms with Gasteiger partial charge in [0.05, 0.1) is 11.5 Å². The van der Waals surface area contributed by atoms with Crippen LogP contribution in [0.5, 0.6) is 0 Å². The number of hydrogen-bond acceptors (Lipinski definition) is 8. The normalized spacial score (nSPS) is 10.5. The molecule has 4 aromatic heterocycles. The number of oxazole rings is 1. The molecule has 12 aromatic carbocycles. The Kier molecular flexibility index (Phi) is 28.7. The van der Waals surface area contributed by atoms with E-state index in [2.05, 4.69) is 265 Å². The van der Waals surface area contributed by atoms with Gasteiger partial charge in [0, 0.05) is 123 Å². The minimum atomic E-state index is 0. The van der Waals surface area contributed by atoms with Crippen LogP contribution in [0.15, 0.2) is 282 Å². The Hall–Kier alpha value is -9.68. The third-order valence-corrected chi connectivity index (χ3v) is 19.5. The van der Waals surface area contributed by atoms with Crippen molar-refractivity contribution in [1.29, 1.82) is 0 Å². The predicted molar refractivity (Wildman–Crippen MR) is 424 cm³/mol. The summed E-state index contributed by atoms with van der Waals surface area (Å²) in [5, 5.41) is 14.1. The molecule has 0 saturated heterocycles. The molecule has 0 aliphatic carbocycles. The smallest absolute Gasteiger partial charge is 0.157 e. The summed E-state index contributed by atoms with van der Waals surface area (Å²) in [4.78, 5) is 10.7. The average molecular weight is 1770 g/mol. The van der Waals surface area contributed by atoms with E-state index in [9.17, 15) is 0 Å². The molecule has 13 heteroatoms. The fourth-order valence-electron chi connectivity index (χ4n) is 13.4. The molecule has 4 radical (unpaired) electrons. The van der Waals surface area contributed by atoms with Crippen molar-refractivity contribution < 1.29 is 86.9 Å². The molecule has 16 aromatic rings. The number of hydrogen-bond donors (Lipinski definition) is 0. The van der Waals surface area contributed by atoms with E-state index < -0.39 is 0 Å². The molecule has 0 atom stereocenters. The van der Waals surface area contributed by atoms with Crippen molar-refractivity contribution in [3.8, 4) is 134 Å². The second-order valence-electron chi connectivity index (χ2n) is 25.9. The van der Waals surface area contributed by atoms with Gasteiger partial charge in [-0.3, -0.25) is 9.97 Å². The molecule has 0 saturated carbocycles. The Morgan fingerprint density at radius 1 is 0.327 bits per heavy atom. The Morgan fingerprint density at radius 2 is 0.682 bits per heavy atom. The Labute approximate surface area is 685 Å². The van der Waals surface area contributed by atoms with E-state index in [0.717, 1.165) is 84.2 Å². The zero-order valence-electron chi connectivity index (χ0n) is 61.2. The zero-order chi connectivity index (χ0) is 71.5. The van der Waals surface area contributed by atoms with Crippen LogP contribution >= 0.6 is 11.3 Å². The third kappa shape index (κ3) is 19.0. The maximum absolute atomic E-state index is 6.15. The maximum Gasteiger partial charge on any atom is 0.157 e. The summed E-state index contributed by atoms with van der Waals surface area (Å²) in [6.45, 7) is 21.3. The molecule has 4 heterocycles. The van der Waals surface area contributed by atoms with Crippen LogP contribution in [0.4, 0.5) is 0 Å². The summed E-state index contributed by atoms with van der Waals surface area (Å²) in [6.07, 6.45) is 0. The van der Waals surface area contributed by atoms with Crippen LogP contribution in [-0.4, -0.2) is 29.9 Å². The molecular formula is C94H78N6O2Rh4S-4. The van der Waals surface area contributed by atoms with Gasteiger partial charge in [0.25, 0.3) is 0 Å². The molecule has 0 unspecified atom stereocenters. The number of aromatic nitrogens is 6. The van der Waals surface area contributed by atoms with E-state index in [1.54, 1.807) is 11.3 Å². The topological polar surface area (TPSA) is 95.7 Å². The van der Waals surface area contributed by atoms with Gasteiger partial charge < -0.3 is 13.5 Å². The predicted octanol–water partition coefficient (Wildman–Crippen LogP) is 24.6. The molecule has 0 fully saturated rings. The van der Waals surface area contributed by atoms with Crippen LogP contribution in [0.25, 0.3) is 134 Å². The van der Waals surface area contributed by atoms with Crippen LogP contribution in [-0.2, 0) is 85.0 Å². The fraction of sp³-hybridized carbons (Fsp3) is 0.117. The van der Waals surface area contributed by atoms with Crippen molar-refractivity contribution in [2.45, 2.75) is 69.2 Å². The molecule has 16 rings (SSSR count). The number of benzene rings is 12. The van der Waals surface area contributed by atoms with E-state index in [0.29, 0.717) is 5.89 Å². The van der Waals surface area contributed by atoms with Gasteiger partial charge in [-0.15, -0.1) is 148 Å². The summed E-state index contributed by atoms with van der Waals surface area (Å²) in [5.41, 5.74) is 30.8. The maximum atomic E-state index is 6.15. The number of thiazole rings is 1. The van der Waals surface area contributed by atoms with Gasteiger partial charge in [-0.2, -0.15) is 16.4 Å². The zero-order valence-corrected chi connectivity index (χ0v) is 68.6. The van der Waals surface area contributed by atoms with E-state index in [1.807, 2.05) is 134 Å². The number of aryl methyl sites for hydroxylation is 10.